The van der Waals surface area contributed by atoms with Gasteiger partial charge < -0.3 is 14.2 Å². The topological polar surface area (TPSA) is 67.7 Å². The number of sulfonamides is 1. The summed E-state index contributed by atoms with van der Waals surface area (Å²) in [6.45, 7) is 7.51. The summed E-state index contributed by atoms with van der Waals surface area (Å²) < 4.78 is 35.2. The van der Waals surface area contributed by atoms with Crippen molar-refractivity contribution in [3.63, 3.8) is 0 Å². The molecule has 32 heavy (non-hydrogen) atoms. The van der Waals surface area contributed by atoms with Crippen molar-refractivity contribution in [1.82, 2.24) is 13.9 Å². The molecule has 0 unspecified atom stereocenters. The molecule has 1 aromatic heterocycles. The third-order valence-electron chi connectivity index (χ3n) is 6.70. The first-order valence-corrected chi connectivity index (χ1v) is 12.8. The Labute approximate surface area is 189 Å². The van der Waals surface area contributed by atoms with E-state index in [1.54, 1.807) is 12.1 Å². The fourth-order valence-electron chi connectivity index (χ4n) is 4.88. The van der Waals surface area contributed by atoms with E-state index < -0.39 is 10.0 Å². The Morgan fingerprint density at radius 3 is 2.69 bits per heavy atom. The number of rotatable bonds is 5. The summed E-state index contributed by atoms with van der Waals surface area (Å²) in [7, 11) is -3.55. The van der Waals surface area contributed by atoms with Crippen LogP contribution in [0.5, 0.6) is 0 Å². The molecule has 5 rings (SSSR count). The standard InChI is InChI=1S/C24H30N4O3S/c1-3-27-23-11-10-20(32(29,30)26-12-14-31-15-13-26)16-21(23)25-24(27)17-28-18(2)8-9-19-6-4-5-7-22(19)28/h4-7,10-11,16,18H,3,8-9,12-15,17H2,1-2H3/t18-/m1/s1. The highest BCUT2D eigenvalue weighted by Crippen LogP contribution is 2.32. The highest BCUT2D eigenvalue weighted by atomic mass is 32.2. The Morgan fingerprint density at radius 2 is 1.91 bits per heavy atom. The first kappa shape index (κ1) is 21.4. The summed E-state index contributed by atoms with van der Waals surface area (Å²) in [6.07, 6.45) is 2.21. The number of imidazole rings is 1. The van der Waals surface area contributed by atoms with Gasteiger partial charge in [0.05, 0.1) is 35.7 Å². The Bertz CT molecular complexity index is 1230. The summed E-state index contributed by atoms with van der Waals surface area (Å²) in [6, 6.07) is 14.4. The van der Waals surface area contributed by atoms with Gasteiger partial charge in [-0.3, -0.25) is 0 Å². The second-order valence-corrected chi connectivity index (χ2v) is 10.5. The summed E-state index contributed by atoms with van der Waals surface area (Å²) in [5.41, 5.74) is 4.36. The number of hydrogen-bond acceptors (Lipinski definition) is 5. The van der Waals surface area contributed by atoms with Gasteiger partial charge in [0.2, 0.25) is 10.0 Å². The quantitative estimate of drug-likeness (QED) is 0.591. The highest BCUT2D eigenvalue weighted by molar-refractivity contribution is 7.89. The number of morpholine rings is 1. The van der Waals surface area contributed by atoms with Crippen molar-refractivity contribution in [3.8, 4) is 0 Å². The molecule has 0 aliphatic carbocycles. The van der Waals surface area contributed by atoms with Crippen molar-refractivity contribution in [2.45, 2.75) is 50.7 Å². The van der Waals surface area contributed by atoms with Crippen LogP contribution in [-0.2, 0) is 34.3 Å². The lowest BCUT2D eigenvalue weighted by Gasteiger charge is -2.37. The predicted molar refractivity (Wildman–Crippen MR) is 125 cm³/mol. The van der Waals surface area contributed by atoms with E-state index in [-0.39, 0.29) is 0 Å². The van der Waals surface area contributed by atoms with Crippen LogP contribution in [0, 0.1) is 0 Å². The van der Waals surface area contributed by atoms with Gasteiger partial charge in [-0.05, 0) is 56.5 Å². The lowest BCUT2D eigenvalue weighted by atomic mass is 9.96. The largest absolute Gasteiger partial charge is 0.379 e. The smallest absolute Gasteiger partial charge is 0.243 e. The molecule has 0 amide bonds. The van der Waals surface area contributed by atoms with Gasteiger partial charge >= 0.3 is 0 Å². The predicted octanol–water partition coefficient (Wildman–Crippen LogP) is 3.42. The van der Waals surface area contributed by atoms with E-state index in [1.165, 1.54) is 15.6 Å². The van der Waals surface area contributed by atoms with Gasteiger partial charge in [0, 0.05) is 31.4 Å². The van der Waals surface area contributed by atoms with Crippen LogP contribution >= 0.6 is 0 Å². The first-order valence-electron chi connectivity index (χ1n) is 11.4. The van der Waals surface area contributed by atoms with E-state index in [0.717, 1.165) is 36.2 Å². The number of fused-ring (bicyclic) bond motifs is 2. The number of benzene rings is 2. The molecule has 3 heterocycles. The monoisotopic (exact) mass is 454 g/mol. The second kappa shape index (κ2) is 8.50. The molecule has 2 aliphatic rings. The van der Waals surface area contributed by atoms with Gasteiger partial charge in [0.1, 0.15) is 5.82 Å². The lowest BCUT2D eigenvalue weighted by molar-refractivity contribution is 0.0730. The van der Waals surface area contributed by atoms with Crippen LogP contribution in [0.3, 0.4) is 0 Å². The number of hydrogen-bond donors (Lipinski definition) is 0. The van der Waals surface area contributed by atoms with Gasteiger partial charge in [-0.15, -0.1) is 0 Å². The van der Waals surface area contributed by atoms with Crippen LogP contribution in [0.2, 0.25) is 0 Å². The summed E-state index contributed by atoms with van der Waals surface area (Å²) in [4.78, 5) is 7.65. The van der Waals surface area contributed by atoms with Crippen molar-refractivity contribution in [1.29, 1.82) is 0 Å². The zero-order valence-electron chi connectivity index (χ0n) is 18.7. The Kier molecular flexibility index (Phi) is 5.69. The lowest BCUT2D eigenvalue weighted by Crippen LogP contribution is -2.40. The molecule has 0 N–H and O–H groups in total. The average molecular weight is 455 g/mol. The van der Waals surface area contributed by atoms with Crippen molar-refractivity contribution in [2.75, 3.05) is 31.2 Å². The van der Waals surface area contributed by atoms with Crippen molar-refractivity contribution in [3.05, 3.63) is 53.9 Å². The van der Waals surface area contributed by atoms with Crippen LogP contribution in [-0.4, -0.2) is 54.6 Å². The van der Waals surface area contributed by atoms with E-state index in [0.29, 0.717) is 43.8 Å². The normalized spacial score (nSPS) is 19.9. The van der Waals surface area contributed by atoms with Gasteiger partial charge in [-0.1, -0.05) is 18.2 Å². The van der Waals surface area contributed by atoms with Crippen LogP contribution in [0.15, 0.2) is 47.4 Å². The molecule has 7 nitrogen and oxygen atoms in total. The zero-order chi connectivity index (χ0) is 22.3. The summed E-state index contributed by atoms with van der Waals surface area (Å²) in [5.74, 6) is 0.965. The number of aryl methyl sites for hydroxylation is 2. The molecule has 2 aromatic carbocycles. The van der Waals surface area contributed by atoms with Crippen LogP contribution in [0.25, 0.3) is 11.0 Å². The SMILES string of the molecule is CCn1c(CN2c3ccccc3CC[C@H]2C)nc2cc(S(=O)(=O)N3CCOCC3)ccc21. The van der Waals surface area contributed by atoms with Gasteiger partial charge in [-0.25, -0.2) is 13.4 Å². The molecular weight excluding hydrogens is 424 g/mol. The summed E-state index contributed by atoms with van der Waals surface area (Å²) >= 11 is 0. The van der Waals surface area contributed by atoms with Gasteiger partial charge in [0.25, 0.3) is 0 Å². The molecule has 8 heteroatoms. The number of nitrogens with zero attached hydrogens (tertiary/aromatic N) is 4. The van der Waals surface area contributed by atoms with Crippen molar-refractivity contribution in [2.24, 2.45) is 0 Å². The number of ether oxygens (including phenoxy) is 1. The molecule has 0 spiro atoms. The molecule has 1 fully saturated rings. The third kappa shape index (κ3) is 3.70. The summed E-state index contributed by atoms with van der Waals surface area (Å²) in [5, 5.41) is 0. The molecule has 1 atom stereocenters. The van der Waals surface area contributed by atoms with Crippen LogP contribution < -0.4 is 4.90 Å². The fraction of sp³-hybridized carbons (Fsp3) is 0.458. The second-order valence-electron chi connectivity index (χ2n) is 8.58. The van der Waals surface area contributed by atoms with E-state index in [1.807, 2.05) is 6.07 Å². The van der Waals surface area contributed by atoms with E-state index in [2.05, 4.69) is 47.6 Å². The van der Waals surface area contributed by atoms with Crippen LogP contribution in [0.4, 0.5) is 5.69 Å². The zero-order valence-corrected chi connectivity index (χ0v) is 19.5. The molecule has 1 saturated heterocycles. The number of anilines is 1. The molecule has 0 bridgehead atoms. The highest BCUT2D eigenvalue weighted by Gasteiger charge is 2.28. The van der Waals surface area contributed by atoms with E-state index in [9.17, 15) is 8.42 Å². The maximum Gasteiger partial charge on any atom is 0.243 e. The van der Waals surface area contributed by atoms with Crippen LogP contribution in [0.1, 0.15) is 31.7 Å². The Hall–Kier alpha value is -2.42. The number of aromatic nitrogens is 2. The third-order valence-corrected chi connectivity index (χ3v) is 8.59. The van der Waals surface area contributed by atoms with Crippen molar-refractivity contribution < 1.29 is 13.2 Å². The number of para-hydroxylation sites is 1. The minimum absolute atomic E-state index is 0.302. The Morgan fingerprint density at radius 1 is 1.12 bits per heavy atom. The minimum Gasteiger partial charge on any atom is -0.379 e. The van der Waals surface area contributed by atoms with E-state index in [4.69, 9.17) is 9.72 Å². The molecule has 2 aliphatic heterocycles. The molecule has 3 aromatic rings. The van der Waals surface area contributed by atoms with Crippen molar-refractivity contribution >= 4 is 26.7 Å². The molecule has 170 valence electrons. The van der Waals surface area contributed by atoms with Gasteiger partial charge in [0.15, 0.2) is 0 Å². The minimum atomic E-state index is -3.55. The molecule has 0 saturated carbocycles. The molecule has 0 radical (unpaired) electrons. The maximum atomic E-state index is 13.1. The average Bonchev–Trinajstić information content (AvgIpc) is 3.17. The van der Waals surface area contributed by atoms with E-state index >= 15 is 0 Å². The molecular formula is C24H30N4O3S. The fourth-order valence-corrected chi connectivity index (χ4v) is 6.31. The first-order chi connectivity index (χ1) is 15.5. The van der Waals surface area contributed by atoms with Gasteiger partial charge in [-0.2, -0.15) is 4.31 Å². The Balaban J connectivity index is 1.51. The maximum absolute atomic E-state index is 13.1.